The highest BCUT2D eigenvalue weighted by atomic mass is 32.3. The number of hydrogen-bond acceptors (Lipinski definition) is 5. The van der Waals surface area contributed by atoms with E-state index in [0.29, 0.717) is 17.1 Å². The van der Waals surface area contributed by atoms with Gasteiger partial charge in [0.05, 0.1) is 0 Å². The summed E-state index contributed by atoms with van der Waals surface area (Å²) >= 11 is 0. The molecule has 0 saturated carbocycles. The monoisotopic (exact) mass is 374 g/mol. The van der Waals surface area contributed by atoms with E-state index in [2.05, 4.69) is 4.18 Å². The Morgan fingerprint density at radius 2 is 1.12 bits per heavy atom. The second-order valence-electron chi connectivity index (χ2n) is 5.24. The van der Waals surface area contributed by atoms with Gasteiger partial charge in [0, 0.05) is 5.56 Å². The number of halogens is 1. The molecule has 0 aromatic heterocycles. The van der Waals surface area contributed by atoms with E-state index in [4.69, 9.17) is 9.47 Å². The predicted octanol–water partition coefficient (Wildman–Crippen LogP) is 4.44. The van der Waals surface area contributed by atoms with Gasteiger partial charge in [-0.25, -0.2) is 0 Å². The second kappa shape index (κ2) is 7.88. The highest BCUT2D eigenvalue weighted by Gasteiger charge is 2.17. The minimum Gasteiger partial charge on any atom is -0.451 e. The fraction of sp³-hybridized carbons (Fsp3) is 0.0526. The average Bonchev–Trinajstić information content (AvgIpc) is 2.62. The van der Waals surface area contributed by atoms with Crippen molar-refractivity contribution in [1.82, 2.24) is 0 Å². The molecule has 26 heavy (non-hydrogen) atoms. The zero-order valence-corrected chi connectivity index (χ0v) is 14.3. The van der Waals surface area contributed by atoms with Crippen LogP contribution in [0.2, 0.25) is 0 Å². The fourth-order valence-electron chi connectivity index (χ4n) is 2.20. The van der Waals surface area contributed by atoms with Gasteiger partial charge in [-0.3, -0.25) is 0 Å². The Labute approximate surface area is 151 Å². The number of benzene rings is 3. The number of hydrogen-bond donors (Lipinski definition) is 0. The molecule has 0 aliphatic heterocycles. The predicted molar refractivity (Wildman–Crippen MR) is 94.0 cm³/mol. The van der Waals surface area contributed by atoms with Crippen molar-refractivity contribution in [2.45, 2.75) is 6.29 Å². The van der Waals surface area contributed by atoms with E-state index in [1.807, 2.05) is 36.4 Å². The van der Waals surface area contributed by atoms with Crippen LogP contribution in [0.15, 0.2) is 84.9 Å². The van der Waals surface area contributed by atoms with Crippen molar-refractivity contribution in [2.75, 3.05) is 0 Å². The topological polar surface area (TPSA) is 61.8 Å². The first kappa shape index (κ1) is 17.8. The van der Waals surface area contributed by atoms with E-state index in [1.165, 1.54) is 24.3 Å². The Hall–Kier alpha value is -3.06. The van der Waals surface area contributed by atoms with Crippen LogP contribution in [0.3, 0.4) is 0 Å². The Morgan fingerprint density at radius 3 is 1.54 bits per heavy atom. The van der Waals surface area contributed by atoms with Gasteiger partial charge in [0.2, 0.25) is 0 Å². The van der Waals surface area contributed by atoms with Crippen molar-refractivity contribution in [1.29, 1.82) is 0 Å². The lowest BCUT2D eigenvalue weighted by atomic mass is 10.2. The Morgan fingerprint density at radius 1 is 0.654 bits per heavy atom. The van der Waals surface area contributed by atoms with Crippen LogP contribution >= 0.6 is 0 Å². The van der Waals surface area contributed by atoms with Crippen LogP contribution in [0, 0.1) is 0 Å². The van der Waals surface area contributed by atoms with Crippen LogP contribution in [0.25, 0.3) is 0 Å². The largest absolute Gasteiger partial charge is 0.488 e. The lowest BCUT2D eigenvalue weighted by Crippen LogP contribution is -2.15. The quantitative estimate of drug-likeness (QED) is 0.452. The molecular formula is C19H15FO5S. The van der Waals surface area contributed by atoms with Gasteiger partial charge in [-0.2, -0.15) is 8.42 Å². The summed E-state index contributed by atoms with van der Waals surface area (Å²) < 4.78 is 49.7. The molecule has 0 unspecified atom stereocenters. The first-order chi connectivity index (χ1) is 12.5. The Kier molecular flexibility index (Phi) is 5.38. The van der Waals surface area contributed by atoms with Gasteiger partial charge in [-0.1, -0.05) is 40.3 Å². The molecule has 5 nitrogen and oxygen atoms in total. The molecule has 3 rings (SSSR count). The third kappa shape index (κ3) is 5.22. The van der Waals surface area contributed by atoms with Crippen LogP contribution in [0.5, 0.6) is 17.2 Å². The zero-order chi connectivity index (χ0) is 18.4. The Balaban J connectivity index is 1.84. The molecule has 3 aromatic rings. The normalized spacial score (nSPS) is 11.2. The summed E-state index contributed by atoms with van der Waals surface area (Å²) in [5.74, 6) is 1.05. The molecule has 0 saturated heterocycles. The van der Waals surface area contributed by atoms with Crippen molar-refractivity contribution >= 4 is 10.5 Å². The van der Waals surface area contributed by atoms with Crippen molar-refractivity contribution in [2.24, 2.45) is 0 Å². The summed E-state index contributed by atoms with van der Waals surface area (Å²) in [6, 6.07) is 23.9. The summed E-state index contributed by atoms with van der Waals surface area (Å²) in [4.78, 5) is 0. The SMILES string of the molecule is O=S(=O)(F)Oc1ccc(C(Oc2ccccc2)Oc2ccccc2)cc1. The Bertz CT molecular complexity index is 887. The molecule has 0 heterocycles. The van der Waals surface area contributed by atoms with E-state index < -0.39 is 16.8 Å². The molecule has 0 amide bonds. The summed E-state index contributed by atoms with van der Waals surface area (Å²) in [5.41, 5.74) is 0.598. The summed E-state index contributed by atoms with van der Waals surface area (Å²) in [6.45, 7) is 0. The third-order valence-electron chi connectivity index (χ3n) is 3.32. The minimum atomic E-state index is -5.07. The van der Waals surface area contributed by atoms with Gasteiger partial charge in [-0.15, -0.1) is 0 Å². The molecule has 0 spiro atoms. The van der Waals surface area contributed by atoms with Crippen LogP contribution in [-0.2, 0) is 10.5 Å². The molecule has 134 valence electrons. The molecule has 0 bridgehead atoms. The van der Waals surface area contributed by atoms with Crippen LogP contribution in [0.1, 0.15) is 11.9 Å². The van der Waals surface area contributed by atoms with E-state index in [-0.39, 0.29) is 5.75 Å². The smallest absolute Gasteiger partial charge is 0.451 e. The molecule has 0 aliphatic rings. The van der Waals surface area contributed by atoms with Crippen molar-refractivity contribution in [3.8, 4) is 17.2 Å². The molecule has 0 aliphatic carbocycles. The molecule has 0 N–H and O–H groups in total. The number of para-hydroxylation sites is 2. The number of rotatable bonds is 7. The molecule has 0 fully saturated rings. The second-order valence-corrected chi connectivity index (χ2v) is 6.19. The maximum Gasteiger partial charge on any atom is 0.488 e. The standard InChI is InChI=1S/C19H15FO5S/c20-26(21,22)25-18-13-11-15(12-14-18)19(23-16-7-3-1-4-8-16)24-17-9-5-2-6-10-17/h1-14,19H. The minimum absolute atomic E-state index is 0.144. The highest BCUT2D eigenvalue weighted by Crippen LogP contribution is 2.27. The van der Waals surface area contributed by atoms with Gasteiger partial charge in [0.25, 0.3) is 6.29 Å². The van der Waals surface area contributed by atoms with Gasteiger partial charge < -0.3 is 13.7 Å². The van der Waals surface area contributed by atoms with Crippen LogP contribution in [-0.4, -0.2) is 8.42 Å². The van der Waals surface area contributed by atoms with Crippen LogP contribution in [0.4, 0.5) is 3.89 Å². The van der Waals surface area contributed by atoms with Crippen molar-refractivity contribution in [3.63, 3.8) is 0 Å². The lowest BCUT2D eigenvalue weighted by Gasteiger charge is -2.21. The summed E-state index contributed by atoms with van der Waals surface area (Å²) in [6.07, 6.45) is -0.796. The fourth-order valence-corrected chi connectivity index (χ4v) is 2.54. The molecule has 3 aromatic carbocycles. The van der Waals surface area contributed by atoms with Gasteiger partial charge in [-0.05, 0) is 48.5 Å². The summed E-state index contributed by atoms with van der Waals surface area (Å²) in [7, 11) is -5.07. The van der Waals surface area contributed by atoms with Crippen molar-refractivity contribution in [3.05, 3.63) is 90.5 Å². The summed E-state index contributed by atoms with van der Waals surface area (Å²) in [5, 5.41) is 0. The number of ether oxygens (including phenoxy) is 2. The first-order valence-electron chi connectivity index (χ1n) is 7.67. The molecular weight excluding hydrogens is 359 g/mol. The van der Waals surface area contributed by atoms with Gasteiger partial charge in [0.15, 0.2) is 0 Å². The van der Waals surface area contributed by atoms with E-state index >= 15 is 0 Å². The van der Waals surface area contributed by atoms with Crippen LogP contribution < -0.4 is 13.7 Å². The lowest BCUT2D eigenvalue weighted by molar-refractivity contribution is 0.00381. The molecule has 0 atom stereocenters. The van der Waals surface area contributed by atoms with E-state index in [0.717, 1.165) is 0 Å². The van der Waals surface area contributed by atoms with E-state index in [9.17, 15) is 12.3 Å². The highest BCUT2D eigenvalue weighted by molar-refractivity contribution is 7.81. The van der Waals surface area contributed by atoms with Gasteiger partial charge in [0.1, 0.15) is 17.2 Å². The maximum absolute atomic E-state index is 12.6. The average molecular weight is 374 g/mol. The maximum atomic E-state index is 12.6. The van der Waals surface area contributed by atoms with Gasteiger partial charge >= 0.3 is 10.5 Å². The first-order valence-corrected chi connectivity index (χ1v) is 8.98. The molecule has 0 radical (unpaired) electrons. The van der Waals surface area contributed by atoms with E-state index in [1.54, 1.807) is 24.3 Å². The van der Waals surface area contributed by atoms with Crippen molar-refractivity contribution < 1.29 is 26.0 Å². The third-order valence-corrected chi connectivity index (χ3v) is 3.71. The zero-order valence-electron chi connectivity index (χ0n) is 13.5. The molecule has 7 heteroatoms.